The smallest absolute Gasteiger partial charge is 0.413 e. The fraction of sp³-hybridized carbons (Fsp3) is 0.467. The SMILES string of the molecule is CC(C)(C)OC(=O)NC(=S)NCCCCCNC(=O)CCC(N)C(=O)OCc1cccc2c1-c1ccccc1C2. The second-order valence-electron chi connectivity index (χ2n) is 10.8. The van der Waals surface area contributed by atoms with E-state index in [9.17, 15) is 14.4 Å². The van der Waals surface area contributed by atoms with Gasteiger partial charge >= 0.3 is 12.1 Å². The summed E-state index contributed by atoms with van der Waals surface area (Å²) in [6, 6.07) is 13.4. The topological polar surface area (TPSA) is 132 Å². The molecule has 0 fully saturated rings. The number of carbonyl (C=O) groups is 3. The molecule has 3 rings (SSSR count). The number of benzene rings is 2. The van der Waals surface area contributed by atoms with E-state index in [1.807, 2.05) is 24.3 Å². The maximum absolute atomic E-state index is 12.5. The van der Waals surface area contributed by atoms with Crippen molar-refractivity contribution in [1.29, 1.82) is 0 Å². The van der Waals surface area contributed by atoms with Crippen molar-refractivity contribution in [3.05, 3.63) is 59.2 Å². The molecule has 0 aliphatic heterocycles. The number of unbranched alkanes of at least 4 members (excludes halogenated alkanes) is 2. The van der Waals surface area contributed by atoms with E-state index in [0.717, 1.165) is 36.8 Å². The molecule has 0 saturated carbocycles. The number of hydrogen-bond acceptors (Lipinski definition) is 7. The van der Waals surface area contributed by atoms with E-state index in [-0.39, 0.29) is 30.5 Å². The third kappa shape index (κ3) is 9.91. The van der Waals surface area contributed by atoms with Gasteiger partial charge in [0.1, 0.15) is 18.2 Å². The Balaban J connectivity index is 1.25. The minimum atomic E-state index is -0.862. The molecule has 9 nitrogen and oxygen atoms in total. The van der Waals surface area contributed by atoms with Crippen molar-refractivity contribution in [3.8, 4) is 11.1 Å². The lowest BCUT2D eigenvalue weighted by molar-refractivity contribution is -0.146. The molecular formula is C30H40N4O5S. The largest absolute Gasteiger partial charge is 0.460 e. The molecule has 1 atom stereocenters. The number of thiocarbonyl (C=S) groups is 1. The number of alkyl carbamates (subject to hydrolysis) is 1. The highest BCUT2D eigenvalue weighted by atomic mass is 32.1. The first kappa shape index (κ1) is 31.0. The molecule has 2 amide bonds. The molecule has 1 unspecified atom stereocenters. The molecule has 1 aliphatic rings. The van der Waals surface area contributed by atoms with E-state index in [2.05, 4.69) is 34.1 Å². The van der Waals surface area contributed by atoms with Crippen LogP contribution in [0.25, 0.3) is 11.1 Å². The lowest BCUT2D eigenvalue weighted by Crippen LogP contribution is -2.42. The van der Waals surface area contributed by atoms with Crippen molar-refractivity contribution >= 4 is 35.3 Å². The van der Waals surface area contributed by atoms with Crippen LogP contribution in [0.15, 0.2) is 42.5 Å². The molecule has 10 heteroatoms. The van der Waals surface area contributed by atoms with Gasteiger partial charge in [-0.15, -0.1) is 0 Å². The van der Waals surface area contributed by atoms with Crippen LogP contribution in [0.1, 0.15) is 69.6 Å². The standard InChI is InChI=1S/C30H40N4O5S/c1-30(2,3)39-29(37)34-28(40)33-17-8-4-7-16-32-25(35)15-14-24(31)27(36)38-19-22-12-9-11-21-18-20-10-5-6-13-23(20)26(21)22/h5-6,9-13,24H,4,7-8,14-19,31H2,1-3H3,(H,32,35)(H2,33,34,37,40). The van der Waals surface area contributed by atoms with E-state index >= 15 is 0 Å². The first-order chi connectivity index (χ1) is 19.0. The molecule has 5 N–H and O–H groups in total. The Bertz CT molecular complexity index is 1210. The molecule has 40 heavy (non-hydrogen) atoms. The number of fused-ring (bicyclic) bond motifs is 3. The third-order valence-electron chi connectivity index (χ3n) is 6.34. The summed E-state index contributed by atoms with van der Waals surface area (Å²) in [7, 11) is 0. The normalized spacial score (nSPS) is 12.5. The Morgan fingerprint density at radius 1 is 0.975 bits per heavy atom. The number of nitrogens with two attached hydrogens (primary N) is 1. The van der Waals surface area contributed by atoms with E-state index < -0.39 is 23.7 Å². The van der Waals surface area contributed by atoms with Gasteiger partial charge in [0.25, 0.3) is 0 Å². The van der Waals surface area contributed by atoms with E-state index in [4.69, 9.17) is 27.4 Å². The fourth-order valence-electron chi connectivity index (χ4n) is 4.44. The molecule has 0 aromatic heterocycles. The predicted octanol–water partition coefficient (Wildman–Crippen LogP) is 4.09. The Kier molecular flexibility index (Phi) is 11.5. The Morgan fingerprint density at radius 3 is 2.42 bits per heavy atom. The molecule has 0 heterocycles. The summed E-state index contributed by atoms with van der Waals surface area (Å²) in [5.74, 6) is -0.662. The highest BCUT2D eigenvalue weighted by Crippen LogP contribution is 2.39. The lowest BCUT2D eigenvalue weighted by Gasteiger charge is -2.20. The van der Waals surface area contributed by atoms with E-state index in [1.54, 1.807) is 20.8 Å². The van der Waals surface area contributed by atoms with Crippen molar-refractivity contribution in [3.63, 3.8) is 0 Å². The number of ether oxygens (including phenoxy) is 2. The summed E-state index contributed by atoms with van der Waals surface area (Å²) in [4.78, 5) is 36.3. The first-order valence-corrected chi connectivity index (χ1v) is 14.1. The lowest BCUT2D eigenvalue weighted by atomic mass is 10.00. The number of rotatable bonds is 12. The molecule has 0 saturated heterocycles. The Morgan fingerprint density at radius 2 is 1.68 bits per heavy atom. The molecular weight excluding hydrogens is 528 g/mol. The van der Waals surface area contributed by atoms with Crippen LogP contribution in [0.3, 0.4) is 0 Å². The van der Waals surface area contributed by atoms with Gasteiger partial charge in [0.2, 0.25) is 5.91 Å². The molecule has 216 valence electrons. The molecule has 2 aromatic carbocycles. The highest BCUT2D eigenvalue weighted by Gasteiger charge is 2.22. The minimum Gasteiger partial charge on any atom is -0.460 e. The van der Waals surface area contributed by atoms with Gasteiger partial charge in [-0.3, -0.25) is 14.9 Å². The summed E-state index contributed by atoms with van der Waals surface area (Å²) >= 11 is 5.07. The van der Waals surface area contributed by atoms with Crippen LogP contribution in [-0.2, 0) is 32.1 Å². The van der Waals surface area contributed by atoms with Crippen LogP contribution >= 0.6 is 12.2 Å². The highest BCUT2D eigenvalue weighted by molar-refractivity contribution is 7.80. The number of esters is 1. The average Bonchev–Trinajstić information content (AvgIpc) is 3.28. The predicted molar refractivity (Wildman–Crippen MR) is 159 cm³/mol. The number of amides is 2. The number of hydrogen-bond donors (Lipinski definition) is 4. The van der Waals surface area contributed by atoms with Crippen LogP contribution in [0, 0.1) is 0 Å². The number of nitrogens with one attached hydrogen (secondary N) is 3. The monoisotopic (exact) mass is 568 g/mol. The van der Waals surface area contributed by atoms with Gasteiger partial charge in [-0.2, -0.15) is 0 Å². The number of carbonyl (C=O) groups excluding carboxylic acids is 3. The fourth-order valence-corrected chi connectivity index (χ4v) is 4.62. The van der Waals surface area contributed by atoms with Gasteiger partial charge < -0.3 is 25.8 Å². The molecule has 0 radical (unpaired) electrons. The summed E-state index contributed by atoms with van der Waals surface area (Å²) in [5, 5.41) is 8.50. The average molecular weight is 569 g/mol. The zero-order chi connectivity index (χ0) is 29.1. The van der Waals surface area contributed by atoms with Crippen molar-refractivity contribution in [1.82, 2.24) is 16.0 Å². The second-order valence-corrected chi connectivity index (χ2v) is 11.2. The molecule has 2 aromatic rings. The Hall–Kier alpha value is -3.50. The van der Waals surface area contributed by atoms with Crippen LogP contribution < -0.4 is 21.7 Å². The minimum absolute atomic E-state index is 0.146. The Labute approximate surface area is 241 Å². The van der Waals surface area contributed by atoms with Gasteiger partial charge in [-0.25, -0.2) is 4.79 Å². The third-order valence-corrected chi connectivity index (χ3v) is 6.58. The van der Waals surface area contributed by atoms with Gasteiger partial charge in [-0.1, -0.05) is 42.5 Å². The quantitative estimate of drug-likeness (QED) is 0.146. The zero-order valence-electron chi connectivity index (χ0n) is 23.5. The van der Waals surface area contributed by atoms with Gasteiger partial charge in [-0.05, 0) is 92.9 Å². The maximum atomic E-state index is 12.5. The summed E-state index contributed by atoms with van der Waals surface area (Å²) < 4.78 is 10.7. The van der Waals surface area contributed by atoms with E-state index in [1.165, 1.54) is 16.7 Å². The van der Waals surface area contributed by atoms with Crippen molar-refractivity contribution < 1.29 is 23.9 Å². The van der Waals surface area contributed by atoms with Crippen LogP contribution in [0.2, 0.25) is 0 Å². The molecule has 0 spiro atoms. The molecule has 0 bridgehead atoms. The van der Waals surface area contributed by atoms with E-state index in [0.29, 0.717) is 13.1 Å². The van der Waals surface area contributed by atoms with Gasteiger partial charge in [0.15, 0.2) is 5.11 Å². The van der Waals surface area contributed by atoms with Crippen LogP contribution in [-0.4, -0.2) is 47.8 Å². The van der Waals surface area contributed by atoms with Crippen molar-refractivity contribution in [2.24, 2.45) is 5.73 Å². The summed E-state index contributed by atoms with van der Waals surface area (Å²) in [5.41, 5.74) is 11.2. The molecule has 1 aliphatic carbocycles. The summed E-state index contributed by atoms with van der Waals surface area (Å²) in [6.07, 6.45) is 3.12. The zero-order valence-corrected chi connectivity index (χ0v) is 24.3. The maximum Gasteiger partial charge on any atom is 0.413 e. The van der Waals surface area contributed by atoms with Crippen molar-refractivity contribution in [2.45, 2.75) is 77.5 Å². The first-order valence-electron chi connectivity index (χ1n) is 13.7. The van der Waals surface area contributed by atoms with Crippen LogP contribution in [0.4, 0.5) is 4.79 Å². The van der Waals surface area contributed by atoms with Gasteiger partial charge in [0, 0.05) is 19.5 Å². The summed E-state index contributed by atoms with van der Waals surface area (Å²) in [6.45, 7) is 6.60. The van der Waals surface area contributed by atoms with Crippen LogP contribution in [0.5, 0.6) is 0 Å². The van der Waals surface area contributed by atoms with Crippen molar-refractivity contribution in [2.75, 3.05) is 13.1 Å². The van der Waals surface area contributed by atoms with Gasteiger partial charge in [0.05, 0.1) is 0 Å². The second kappa shape index (κ2) is 14.8.